The highest BCUT2D eigenvalue weighted by Gasteiger charge is 2.38. The van der Waals surface area contributed by atoms with Crippen molar-refractivity contribution in [2.24, 2.45) is 0 Å². The number of aromatic amines is 1. The third-order valence-electron chi connectivity index (χ3n) is 6.63. The maximum atomic E-state index is 14.8. The van der Waals surface area contributed by atoms with Crippen LogP contribution in [-0.4, -0.2) is 51.1 Å². The first-order valence-corrected chi connectivity index (χ1v) is 12.2. The van der Waals surface area contributed by atoms with Crippen molar-refractivity contribution in [2.45, 2.75) is 24.9 Å². The Bertz CT molecular complexity index is 1590. The van der Waals surface area contributed by atoms with E-state index in [0.717, 1.165) is 23.6 Å². The van der Waals surface area contributed by atoms with Gasteiger partial charge in [-0.2, -0.15) is 13.2 Å². The number of H-pyrrole nitrogens is 1. The molecule has 0 spiro atoms. The molecule has 8 nitrogen and oxygen atoms in total. The third kappa shape index (κ3) is 6.45. The Kier molecular flexibility index (Phi) is 8.17. The van der Waals surface area contributed by atoms with Crippen LogP contribution < -0.4 is 11.3 Å². The second-order valence-corrected chi connectivity index (χ2v) is 9.18. The minimum absolute atomic E-state index is 0.0613. The summed E-state index contributed by atoms with van der Waals surface area (Å²) in [4.78, 5) is 41.6. The first-order chi connectivity index (χ1) is 18.9. The Balaban J connectivity index is 0.000000470. The van der Waals surface area contributed by atoms with E-state index in [1.807, 2.05) is 6.07 Å². The molecule has 4 aromatic rings. The number of aliphatic carboxylic acids is 1. The monoisotopic (exact) mass is 556 g/mol. The number of nitrogens with one attached hydrogen (secondary N) is 1. The number of aromatic nitrogens is 2. The van der Waals surface area contributed by atoms with Crippen LogP contribution in [0.15, 0.2) is 71.8 Å². The van der Waals surface area contributed by atoms with Crippen molar-refractivity contribution in [3.63, 3.8) is 0 Å². The zero-order valence-corrected chi connectivity index (χ0v) is 20.9. The van der Waals surface area contributed by atoms with E-state index in [1.165, 1.54) is 30.0 Å². The average molecular weight is 557 g/mol. The third-order valence-corrected chi connectivity index (χ3v) is 6.63. The normalized spacial score (nSPS) is 13.9. The number of rotatable bonds is 3. The number of alkyl halides is 3. The number of pyridine rings is 2. The van der Waals surface area contributed by atoms with Gasteiger partial charge in [0.1, 0.15) is 11.6 Å². The summed E-state index contributed by atoms with van der Waals surface area (Å²) in [5, 5.41) is 9.12. The standard InChI is InChI=1S/C26H23FN4O2.C2HF3O2/c27-23-14-19(20-4-6-24(32)30-15-20)3-5-21(23)26(33)31-11-8-16(9-12-31)18-2-1-17-7-10-29-25(28)22(17)13-18;3-2(4,5)1(6)7/h1-7,10,13-16H,8-9,11-12H2,(H2,28,29)(H,30,32);(H,6,7). The molecule has 1 saturated heterocycles. The van der Waals surface area contributed by atoms with Gasteiger partial charge in [0.25, 0.3) is 5.91 Å². The summed E-state index contributed by atoms with van der Waals surface area (Å²) < 4.78 is 46.5. The Morgan fingerprint density at radius 2 is 1.68 bits per heavy atom. The zero-order valence-electron chi connectivity index (χ0n) is 20.9. The summed E-state index contributed by atoms with van der Waals surface area (Å²) in [6.07, 6.45) is -0.253. The number of carboxylic acid groups (broad SMARTS) is 1. The molecule has 4 N–H and O–H groups in total. The van der Waals surface area contributed by atoms with Crippen LogP contribution in [0.3, 0.4) is 0 Å². The maximum Gasteiger partial charge on any atom is 0.490 e. The molecular formula is C28H24F4N4O4. The Morgan fingerprint density at radius 1 is 1.00 bits per heavy atom. The molecule has 1 aliphatic rings. The number of nitrogens with zero attached hydrogens (tertiary/aromatic N) is 2. The lowest BCUT2D eigenvalue weighted by atomic mass is 9.88. The van der Waals surface area contributed by atoms with Gasteiger partial charge in [0, 0.05) is 36.9 Å². The van der Waals surface area contributed by atoms with E-state index in [4.69, 9.17) is 15.6 Å². The number of benzene rings is 2. The van der Waals surface area contributed by atoms with Gasteiger partial charge in [-0.15, -0.1) is 0 Å². The highest BCUT2D eigenvalue weighted by atomic mass is 19.4. The second kappa shape index (κ2) is 11.6. The topological polar surface area (TPSA) is 129 Å². The van der Waals surface area contributed by atoms with Crippen LogP contribution in [0.25, 0.3) is 21.9 Å². The van der Waals surface area contributed by atoms with E-state index in [-0.39, 0.29) is 17.0 Å². The van der Waals surface area contributed by atoms with Crippen molar-refractivity contribution >= 4 is 28.5 Å². The number of likely N-dealkylation sites (tertiary alicyclic amines) is 1. The van der Waals surface area contributed by atoms with Crippen LogP contribution in [0, 0.1) is 5.82 Å². The van der Waals surface area contributed by atoms with Crippen molar-refractivity contribution in [1.82, 2.24) is 14.9 Å². The predicted molar refractivity (Wildman–Crippen MR) is 140 cm³/mol. The lowest BCUT2D eigenvalue weighted by Crippen LogP contribution is -2.38. The first kappa shape index (κ1) is 28.3. The summed E-state index contributed by atoms with van der Waals surface area (Å²) in [5.74, 6) is -2.80. The van der Waals surface area contributed by atoms with Crippen molar-refractivity contribution in [3.8, 4) is 11.1 Å². The molecule has 0 radical (unpaired) electrons. The number of hydrogen-bond acceptors (Lipinski definition) is 5. The van der Waals surface area contributed by atoms with E-state index < -0.39 is 18.0 Å². The maximum absolute atomic E-state index is 14.8. The lowest BCUT2D eigenvalue weighted by Gasteiger charge is -2.32. The van der Waals surface area contributed by atoms with Crippen LogP contribution in [0.2, 0.25) is 0 Å². The van der Waals surface area contributed by atoms with Crippen LogP contribution in [0.5, 0.6) is 0 Å². The molecule has 1 amide bonds. The van der Waals surface area contributed by atoms with E-state index in [1.54, 1.807) is 23.2 Å². The van der Waals surface area contributed by atoms with E-state index >= 15 is 0 Å². The number of carbonyl (C=O) groups is 2. The number of carboxylic acids is 1. The number of carbonyl (C=O) groups excluding carboxylic acids is 1. The Hall–Kier alpha value is -4.74. The van der Waals surface area contributed by atoms with Crippen LogP contribution in [-0.2, 0) is 4.79 Å². The number of fused-ring (bicyclic) bond motifs is 1. The van der Waals surface area contributed by atoms with E-state index in [2.05, 4.69) is 28.2 Å². The summed E-state index contributed by atoms with van der Waals surface area (Å²) in [7, 11) is 0. The molecule has 208 valence electrons. The first-order valence-electron chi connectivity index (χ1n) is 12.2. The number of nitrogens with two attached hydrogens (primary N) is 1. The second-order valence-electron chi connectivity index (χ2n) is 9.18. The fourth-order valence-corrected chi connectivity index (χ4v) is 4.51. The van der Waals surface area contributed by atoms with Crippen LogP contribution in [0.1, 0.15) is 34.7 Å². The van der Waals surface area contributed by atoms with Gasteiger partial charge in [-0.25, -0.2) is 14.2 Å². The average Bonchev–Trinajstić information content (AvgIpc) is 2.93. The highest BCUT2D eigenvalue weighted by molar-refractivity contribution is 5.95. The number of amides is 1. The van der Waals surface area contributed by atoms with Crippen molar-refractivity contribution in [1.29, 1.82) is 0 Å². The molecule has 12 heteroatoms. The van der Waals surface area contributed by atoms with Crippen molar-refractivity contribution in [2.75, 3.05) is 18.8 Å². The Morgan fingerprint density at radius 3 is 2.27 bits per heavy atom. The minimum atomic E-state index is -5.08. The van der Waals surface area contributed by atoms with Crippen molar-refractivity contribution in [3.05, 3.63) is 94.3 Å². The number of hydrogen-bond donors (Lipinski definition) is 3. The lowest BCUT2D eigenvalue weighted by molar-refractivity contribution is -0.192. The fourth-order valence-electron chi connectivity index (χ4n) is 4.51. The smallest absolute Gasteiger partial charge is 0.475 e. The SMILES string of the molecule is Nc1nccc2ccc(C3CCN(C(=O)c4ccc(-c5ccc(=O)[nH]c5)cc4F)CC3)cc12.O=C(O)C(F)(F)F. The van der Waals surface area contributed by atoms with Gasteiger partial charge in [0.2, 0.25) is 5.56 Å². The summed E-state index contributed by atoms with van der Waals surface area (Å²) >= 11 is 0. The number of anilines is 1. The van der Waals surface area contributed by atoms with E-state index in [0.29, 0.717) is 36.0 Å². The number of nitrogen functional groups attached to an aromatic ring is 1. The van der Waals surface area contributed by atoms with Gasteiger partial charge >= 0.3 is 12.1 Å². The highest BCUT2D eigenvalue weighted by Crippen LogP contribution is 2.32. The van der Waals surface area contributed by atoms with Crippen LogP contribution in [0.4, 0.5) is 23.4 Å². The van der Waals surface area contributed by atoms with E-state index in [9.17, 15) is 27.2 Å². The molecule has 2 aromatic heterocycles. The predicted octanol–water partition coefficient (Wildman–Crippen LogP) is 4.96. The van der Waals surface area contributed by atoms with Gasteiger partial charge in [0.15, 0.2) is 0 Å². The molecule has 5 rings (SSSR count). The number of piperidine rings is 1. The van der Waals surface area contributed by atoms with Gasteiger partial charge in [-0.1, -0.05) is 18.2 Å². The zero-order chi connectivity index (χ0) is 29.0. The number of halogens is 4. The summed E-state index contributed by atoms with van der Waals surface area (Å²) in [5.41, 5.74) is 8.34. The molecule has 1 aliphatic heterocycles. The molecule has 40 heavy (non-hydrogen) atoms. The molecule has 0 saturated carbocycles. The molecule has 1 fully saturated rings. The van der Waals surface area contributed by atoms with Crippen molar-refractivity contribution < 1.29 is 32.3 Å². The minimum Gasteiger partial charge on any atom is -0.475 e. The molecule has 0 unspecified atom stereocenters. The molecule has 0 bridgehead atoms. The van der Waals surface area contributed by atoms with Gasteiger partial charge in [-0.05, 0) is 71.2 Å². The largest absolute Gasteiger partial charge is 0.490 e. The van der Waals surface area contributed by atoms with Crippen LogP contribution >= 0.6 is 0 Å². The fraction of sp³-hybridized carbons (Fsp3) is 0.214. The van der Waals surface area contributed by atoms with Gasteiger partial charge in [-0.3, -0.25) is 9.59 Å². The van der Waals surface area contributed by atoms with Gasteiger partial charge in [0.05, 0.1) is 5.56 Å². The summed E-state index contributed by atoms with van der Waals surface area (Å²) in [6, 6.07) is 15.8. The molecule has 3 heterocycles. The molecular weight excluding hydrogens is 532 g/mol. The van der Waals surface area contributed by atoms with Gasteiger partial charge < -0.3 is 20.7 Å². The summed E-state index contributed by atoms with van der Waals surface area (Å²) in [6.45, 7) is 1.12. The quantitative estimate of drug-likeness (QED) is 0.306. The molecule has 0 aliphatic carbocycles. The molecule has 2 aromatic carbocycles. The molecule has 0 atom stereocenters. The Labute approximate surface area is 225 Å².